The Morgan fingerprint density at radius 3 is 2.52 bits per heavy atom. The minimum Gasteiger partial charge on any atom is -0.495 e. The predicted octanol–water partition coefficient (Wildman–Crippen LogP) is 1.32. The SMILES string of the molecule is COCC1CCN(S(=O)(=O)c2ccc(N)c(OC)c2)CC1. The van der Waals surface area contributed by atoms with Crippen LogP contribution in [-0.2, 0) is 14.8 Å². The van der Waals surface area contributed by atoms with Crippen molar-refractivity contribution in [3.63, 3.8) is 0 Å². The Labute approximate surface area is 125 Å². The van der Waals surface area contributed by atoms with E-state index in [2.05, 4.69) is 0 Å². The molecule has 1 aliphatic heterocycles. The fraction of sp³-hybridized carbons (Fsp3) is 0.571. The molecule has 7 heteroatoms. The van der Waals surface area contributed by atoms with Gasteiger partial charge in [-0.05, 0) is 30.9 Å². The van der Waals surface area contributed by atoms with Gasteiger partial charge in [-0.1, -0.05) is 0 Å². The van der Waals surface area contributed by atoms with Crippen LogP contribution in [0.4, 0.5) is 5.69 Å². The van der Waals surface area contributed by atoms with Crippen LogP contribution in [0.25, 0.3) is 0 Å². The van der Waals surface area contributed by atoms with Gasteiger partial charge in [0.2, 0.25) is 10.0 Å². The average molecular weight is 314 g/mol. The van der Waals surface area contributed by atoms with E-state index < -0.39 is 10.0 Å². The maximum Gasteiger partial charge on any atom is 0.243 e. The number of benzene rings is 1. The van der Waals surface area contributed by atoms with E-state index in [1.54, 1.807) is 13.2 Å². The lowest BCUT2D eigenvalue weighted by Gasteiger charge is -2.30. The van der Waals surface area contributed by atoms with Crippen molar-refractivity contribution in [2.45, 2.75) is 17.7 Å². The molecule has 1 aromatic rings. The van der Waals surface area contributed by atoms with Gasteiger partial charge in [0.25, 0.3) is 0 Å². The molecule has 0 bridgehead atoms. The molecule has 2 N–H and O–H groups in total. The summed E-state index contributed by atoms with van der Waals surface area (Å²) in [5.41, 5.74) is 6.15. The van der Waals surface area contributed by atoms with Gasteiger partial charge in [-0.25, -0.2) is 8.42 Å². The van der Waals surface area contributed by atoms with Crippen LogP contribution >= 0.6 is 0 Å². The molecule has 6 nitrogen and oxygen atoms in total. The third-order valence-corrected chi connectivity index (χ3v) is 5.71. The van der Waals surface area contributed by atoms with E-state index in [1.165, 1.54) is 23.5 Å². The molecule has 0 atom stereocenters. The van der Waals surface area contributed by atoms with Crippen LogP contribution in [-0.4, -0.2) is 46.6 Å². The molecule has 0 aliphatic carbocycles. The van der Waals surface area contributed by atoms with E-state index in [0.29, 0.717) is 37.1 Å². The highest BCUT2D eigenvalue weighted by molar-refractivity contribution is 7.89. The second-order valence-electron chi connectivity index (χ2n) is 5.21. The summed E-state index contributed by atoms with van der Waals surface area (Å²) in [4.78, 5) is 0.221. The Balaban J connectivity index is 2.15. The topological polar surface area (TPSA) is 81.9 Å². The lowest BCUT2D eigenvalue weighted by Crippen LogP contribution is -2.39. The van der Waals surface area contributed by atoms with E-state index >= 15 is 0 Å². The molecule has 0 radical (unpaired) electrons. The first-order valence-electron chi connectivity index (χ1n) is 6.91. The monoisotopic (exact) mass is 314 g/mol. The minimum atomic E-state index is -3.49. The molecule has 1 aliphatic rings. The van der Waals surface area contributed by atoms with Crippen LogP contribution in [0.5, 0.6) is 5.75 Å². The molecular weight excluding hydrogens is 292 g/mol. The van der Waals surface area contributed by atoms with Crippen LogP contribution in [0.3, 0.4) is 0 Å². The smallest absolute Gasteiger partial charge is 0.243 e. The highest BCUT2D eigenvalue weighted by Crippen LogP contribution is 2.29. The second kappa shape index (κ2) is 6.64. The van der Waals surface area contributed by atoms with Gasteiger partial charge in [-0.3, -0.25) is 0 Å². The summed E-state index contributed by atoms with van der Waals surface area (Å²) in [6.45, 7) is 1.72. The third kappa shape index (κ3) is 3.48. The van der Waals surface area contributed by atoms with Crippen molar-refractivity contribution in [2.75, 3.05) is 39.6 Å². The van der Waals surface area contributed by atoms with Gasteiger partial charge in [0.15, 0.2) is 0 Å². The number of rotatable bonds is 5. The van der Waals surface area contributed by atoms with E-state index in [9.17, 15) is 8.42 Å². The summed E-state index contributed by atoms with van der Waals surface area (Å²) in [6.07, 6.45) is 1.64. The summed E-state index contributed by atoms with van der Waals surface area (Å²) in [5, 5.41) is 0. The number of nitrogen functional groups attached to an aromatic ring is 1. The maximum absolute atomic E-state index is 12.6. The largest absolute Gasteiger partial charge is 0.495 e. The Bertz CT molecular complexity index is 581. The Morgan fingerprint density at radius 1 is 1.29 bits per heavy atom. The van der Waals surface area contributed by atoms with Gasteiger partial charge in [0.1, 0.15) is 5.75 Å². The predicted molar refractivity (Wildman–Crippen MR) is 80.8 cm³/mol. The highest BCUT2D eigenvalue weighted by atomic mass is 32.2. The molecule has 1 aromatic carbocycles. The summed E-state index contributed by atoms with van der Waals surface area (Å²) in [6, 6.07) is 4.56. The Kier molecular flexibility index (Phi) is 5.08. The molecule has 0 unspecified atom stereocenters. The molecule has 1 heterocycles. The first-order valence-corrected chi connectivity index (χ1v) is 8.35. The van der Waals surface area contributed by atoms with Crippen LogP contribution in [0.2, 0.25) is 0 Å². The van der Waals surface area contributed by atoms with Gasteiger partial charge in [0.05, 0.1) is 17.7 Å². The summed E-state index contributed by atoms with van der Waals surface area (Å²) in [7, 11) is -0.352. The Hall–Kier alpha value is -1.31. The fourth-order valence-corrected chi connectivity index (χ4v) is 4.04. The number of nitrogens with two attached hydrogens (primary N) is 1. The summed E-state index contributed by atoms with van der Waals surface area (Å²) in [5.74, 6) is 0.813. The van der Waals surface area contributed by atoms with Gasteiger partial charge in [-0.15, -0.1) is 0 Å². The first kappa shape index (κ1) is 16.1. The Morgan fingerprint density at radius 2 is 1.95 bits per heavy atom. The molecule has 21 heavy (non-hydrogen) atoms. The van der Waals surface area contributed by atoms with Crippen LogP contribution < -0.4 is 10.5 Å². The number of hydrogen-bond acceptors (Lipinski definition) is 5. The van der Waals surface area contributed by atoms with Crippen LogP contribution in [0, 0.1) is 5.92 Å². The van der Waals surface area contributed by atoms with Gasteiger partial charge >= 0.3 is 0 Å². The van der Waals surface area contributed by atoms with Crippen molar-refractivity contribution < 1.29 is 17.9 Å². The van der Waals surface area contributed by atoms with E-state index in [0.717, 1.165) is 12.8 Å². The number of sulfonamides is 1. The first-order chi connectivity index (χ1) is 9.98. The van der Waals surface area contributed by atoms with E-state index in [4.69, 9.17) is 15.2 Å². The average Bonchev–Trinajstić information content (AvgIpc) is 2.48. The third-order valence-electron chi connectivity index (χ3n) is 3.82. The lowest BCUT2D eigenvalue weighted by molar-refractivity contribution is 0.121. The number of piperidine rings is 1. The van der Waals surface area contributed by atoms with Crippen LogP contribution in [0.15, 0.2) is 23.1 Å². The second-order valence-corrected chi connectivity index (χ2v) is 7.14. The zero-order valence-corrected chi connectivity index (χ0v) is 13.2. The zero-order valence-electron chi connectivity index (χ0n) is 12.4. The molecule has 1 fully saturated rings. The number of hydrogen-bond donors (Lipinski definition) is 1. The molecule has 1 saturated heterocycles. The van der Waals surface area contributed by atoms with E-state index in [-0.39, 0.29) is 4.90 Å². The van der Waals surface area contributed by atoms with Crippen molar-refractivity contribution in [3.8, 4) is 5.75 Å². The van der Waals surface area contributed by atoms with Gasteiger partial charge in [-0.2, -0.15) is 4.31 Å². The standard InChI is InChI=1S/C14H22N2O4S/c1-19-10-11-5-7-16(8-6-11)21(17,18)12-3-4-13(15)14(9-12)20-2/h3-4,9,11H,5-8,10,15H2,1-2H3. The quantitative estimate of drug-likeness (QED) is 0.829. The van der Waals surface area contributed by atoms with Crippen molar-refractivity contribution in [1.29, 1.82) is 0 Å². The van der Waals surface area contributed by atoms with Gasteiger partial charge < -0.3 is 15.2 Å². The van der Waals surface area contributed by atoms with Crippen molar-refractivity contribution in [2.24, 2.45) is 5.92 Å². The molecule has 0 amide bonds. The molecule has 2 rings (SSSR count). The molecule has 0 spiro atoms. The number of nitrogens with zero attached hydrogens (tertiary/aromatic N) is 1. The van der Waals surface area contributed by atoms with Crippen molar-refractivity contribution in [3.05, 3.63) is 18.2 Å². The molecular formula is C14H22N2O4S. The summed E-state index contributed by atoms with van der Waals surface area (Å²) >= 11 is 0. The maximum atomic E-state index is 12.6. The van der Waals surface area contributed by atoms with Crippen molar-refractivity contribution >= 4 is 15.7 Å². The fourth-order valence-electron chi connectivity index (χ4n) is 2.55. The molecule has 118 valence electrons. The molecule has 0 aromatic heterocycles. The molecule has 0 saturated carbocycles. The highest BCUT2D eigenvalue weighted by Gasteiger charge is 2.29. The zero-order chi connectivity index (χ0) is 15.5. The number of methoxy groups -OCH3 is 2. The normalized spacial score (nSPS) is 17.8. The van der Waals surface area contributed by atoms with Crippen LogP contribution in [0.1, 0.15) is 12.8 Å². The van der Waals surface area contributed by atoms with E-state index in [1.807, 2.05) is 0 Å². The summed E-state index contributed by atoms with van der Waals surface area (Å²) < 4.78 is 37.0. The lowest BCUT2D eigenvalue weighted by atomic mass is 9.99. The van der Waals surface area contributed by atoms with Crippen molar-refractivity contribution in [1.82, 2.24) is 4.31 Å². The number of anilines is 1. The minimum absolute atomic E-state index is 0.221. The van der Waals surface area contributed by atoms with Gasteiger partial charge in [0, 0.05) is 32.9 Å². The number of ether oxygens (including phenoxy) is 2.